The first-order valence-electron chi connectivity index (χ1n) is 7.37. The maximum Gasteiger partial charge on any atom is 0.0462 e. The summed E-state index contributed by atoms with van der Waals surface area (Å²) in [5.41, 5.74) is 2.52. The molecule has 2 aromatic rings. The minimum Gasteiger partial charge on any atom is -0.313 e. The Bertz CT molecular complexity index is 578. The van der Waals surface area contributed by atoms with Crippen molar-refractivity contribution in [3.8, 4) is 0 Å². The van der Waals surface area contributed by atoms with Crippen LogP contribution in [0, 0.1) is 0 Å². The van der Waals surface area contributed by atoms with Gasteiger partial charge >= 0.3 is 0 Å². The molecule has 0 heterocycles. The molecule has 0 saturated heterocycles. The fourth-order valence-electron chi connectivity index (χ4n) is 2.05. The fourth-order valence-corrected chi connectivity index (χ4v) is 3.22. The number of halogens is 1. The molecule has 21 heavy (non-hydrogen) atoms. The minimum absolute atomic E-state index is 0.573. The van der Waals surface area contributed by atoms with Crippen molar-refractivity contribution in [2.45, 2.75) is 43.0 Å². The highest BCUT2D eigenvalue weighted by atomic mass is 35.5. The Hall–Kier alpha value is -0.960. The van der Waals surface area contributed by atoms with Gasteiger partial charge in [0.1, 0.15) is 0 Å². The van der Waals surface area contributed by atoms with Gasteiger partial charge in [0.2, 0.25) is 0 Å². The van der Waals surface area contributed by atoms with Crippen molar-refractivity contribution in [1.82, 2.24) is 5.32 Å². The van der Waals surface area contributed by atoms with Crippen molar-refractivity contribution in [2.24, 2.45) is 0 Å². The number of benzene rings is 2. The molecule has 0 spiro atoms. The van der Waals surface area contributed by atoms with Crippen LogP contribution < -0.4 is 5.32 Å². The molecule has 0 fully saturated rings. The molecule has 0 atom stereocenters. The third-order valence-electron chi connectivity index (χ3n) is 3.37. The van der Waals surface area contributed by atoms with Crippen LogP contribution in [0.2, 0.25) is 5.02 Å². The molecule has 2 rings (SSSR count). The molecule has 3 heteroatoms. The molecule has 0 aliphatic carbocycles. The minimum atomic E-state index is 0.573. The molecular formula is C18H22ClNS. The highest BCUT2D eigenvalue weighted by Crippen LogP contribution is 2.31. The summed E-state index contributed by atoms with van der Waals surface area (Å²) in [6, 6.07) is 15.1. The molecule has 0 unspecified atom stereocenters. The highest BCUT2D eigenvalue weighted by molar-refractivity contribution is 7.99. The van der Waals surface area contributed by atoms with Gasteiger partial charge in [-0.3, -0.25) is 0 Å². The number of hydrogen-bond acceptors (Lipinski definition) is 2. The SMILES string of the molecule is CCNCc1ccc(Sc2ccc(C(C)C)cc2)cc1Cl. The molecule has 0 amide bonds. The topological polar surface area (TPSA) is 12.0 Å². The zero-order valence-corrected chi connectivity index (χ0v) is 14.4. The van der Waals surface area contributed by atoms with E-state index in [-0.39, 0.29) is 0 Å². The van der Waals surface area contributed by atoms with Crippen LogP contribution >= 0.6 is 23.4 Å². The summed E-state index contributed by atoms with van der Waals surface area (Å²) in [6.45, 7) is 8.30. The lowest BCUT2D eigenvalue weighted by atomic mass is 10.0. The van der Waals surface area contributed by atoms with Gasteiger partial charge in [-0.2, -0.15) is 0 Å². The van der Waals surface area contributed by atoms with Crippen molar-refractivity contribution < 1.29 is 0 Å². The van der Waals surface area contributed by atoms with Gasteiger partial charge in [0.25, 0.3) is 0 Å². The van der Waals surface area contributed by atoms with E-state index in [1.54, 1.807) is 11.8 Å². The molecule has 1 N–H and O–H groups in total. The smallest absolute Gasteiger partial charge is 0.0462 e. The van der Waals surface area contributed by atoms with Crippen molar-refractivity contribution in [1.29, 1.82) is 0 Å². The van der Waals surface area contributed by atoms with Gasteiger partial charge in [0, 0.05) is 21.4 Å². The highest BCUT2D eigenvalue weighted by Gasteiger charge is 2.04. The van der Waals surface area contributed by atoms with E-state index in [9.17, 15) is 0 Å². The summed E-state index contributed by atoms with van der Waals surface area (Å²) in [6.07, 6.45) is 0. The van der Waals surface area contributed by atoms with Gasteiger partial charge < -0.3 is 5.32 Å². The molecule has 0 aromatic heterocycles. The standard InChI is InChI=1S/C18H22ClNS/c1-4-20-12-15-7-10-17(11-18(15)19)21-16-8-5-14(6-9-16)13(2)3/h5-11,13,20H,4,12H2,1-3H3. The second kappa shape index (κ2) is 7.88. The molecule has 2 aromatic carbocycles. The zero-order valence-electron chi connectivity index (χ0n) is 12.8. The Morgan fingerprint density at radius 3 is 2.29 bits per heavy atom. The third kappa shape index (κ3) is 4.77. The van der Waals surface area contributed by atoms with Gasteiger partial charge in [-0.25, -0.2) is 0 Å². The van der Waals surface area contributed by atoms with E-state index in [1.807, 2.05) is 0 Å². The van der Waals surface area contributed by atoms with Crippen LogP contribution in [0.15, 0.2) is 52.3 Å². The second-order valence-electron chi connectivity index (χ2n) is 5.36. The van der Waals surface area contributed by atoms with E-state index in [1.165, 1.54) is 15.4 Å². The average Bonchev–Trinajstić information content (AvgIpc) is 2.47. The number of rotatable bonds is 6. The largest absolute Gasteiger partial charge is 0.313 e. The summed E-state index contributed by atoms with van der Waals surface area (Å²) in [7, 11) is 0. The normalized spacial score (nSPS) is 11.1. The Morgan fingerprint density at radius 1 is 1.05 bits per heavy atom. The van der Waals surface area contributed by atoms with E-state index < -0.39 is 0 Å². The van der Waals surface area contributed by atoms with E-state index in [0.29, 0.717) is 5.92 Å². The molecule has 0 saturated carbocycles. The van der Waals surface area contributed by atoms with Crippen LogP contribution in [-0.2, 0) is 6.54 Å². The number of hydrogen-bond donors (Lipinski definition) is 1. The summed E-state index contributed by atoms with van der Waals surface area (Å²) in [5, 5.41) is 4.13. The van der Waals surface area contributed by atoms with Crippen LogP contribution in [-0.4, -0.2) is 6.54 Å². The first-order chi connectivity index (χ1) is 10.1. The summed E-state index contributed by atoms with van der Waals surface area (Å²) in [4.78, 5) is 2.42. The lowest BCUT2D eigenvalue weighted by Crippen LogP contribution is -2.11. The average molecular weight is 320 g/mol. The second-order valence-corrected chi connectivity index (χ2v) is 6.91. The van der Waals surface area contributed by atoms with Crippen molar-refractivity contribution in [3.63, 3.8) is 0 Å². The molecule has 0 aliphatic rings. The number of nitrogens with one attached hydrogen (secondary N) is 1. The Labute approximate surface area is 137 Å². The molecule has 1 nitrogen and oxygen atoms in total. The first-order valence-corrected chi connectivity index (χ1v) is 8.56. The summed E-state index contributed by atoms with van der Waals surface area (Å²) >= 11 is 8.09. The fraction of sp³-hybridized carbons (Fsp3) is 0.333. The van der Waals surface area contributed by atoms with Crippen LogP contribution in [0.4, 0.5) is 0 Å². The van der Waals surface area contributed by atoms with Gasteiger partial charge in [-0.1, -0.05) is 62.3 Å². The Morgan fingerprint density at radius 2 is 1.71 bits per heavy atom. The third-order valence-corrected chi connectivity index (χ3v) is 4.72. The van der Waals surface area contributed by atoms with Gasteiger partial charge in [0.15, 0.2) is 0 Å². The quantitative estimate of drug-likeness (QED) is 0.730. The van der Waals surface area contributed by atoms with Crippen molar-refractivity contribution in [3.05, 3.63) is 58.6 Å². The van der Waals surface area contributed by atoms with Crippen LogP contribution in [0.1, 0.15) is 37.8 Å². The zero-order chi connectivity index (χ0) is 15.2. The lowest BCUT2D eigenvalue weighted by molar-refractivity contribution is 0.726. The van der Waals surface area contributed by atoms with E-state index in [2.05, 4.69) is 68.6 Å². The van der Waals surface area contributed by atoms with Crippen LogP contribution in [0.25, 0.3) is 0 Å². The van der Waals surface area contributed by atoms with Gasteiger partial charge in [-0.05, 0) is 47.9 Å². The monoisotopic (exact) mass is 319 g/mol. The molecule has 112 valence electrons. The van der Waals surface area contributed by atoms with Crippen molar-refractivity contribution >= 4 is 23.4 Å². The van der Waals surface area contributed by atoms with Crippen LogP contribution in [0.5, 0.6) is 0 Å². The molecule has 0 aliphatic heterocycles. The molecule has 0 radical (unpaired) electrons. The molecule has 0 bridgehead atoms. The predicted molar refractivity (Wildman–Crippen MR) is 93.5 cm³/mol. The van der Waals surface area contributed by atoms with Gasteiger partial charge in [-0.15, -0.1) is 0 Å². The molecular weight excluding hydrogens is 298 g/mol. The van der Waals surface area contributed by atoms with Crippen molar-refractivity contribution in [2.75, 3.05) is 6.54 Å². The maximum absolute atomic E-state index is 6.34. The van der Waals surface area contributed by atoms with E-state index >= 15 is 0 Å². The summed E-state index contributed by atoms with van der Waals surface area (Å²) < 4.78 is 0. The van der Waals surface area contributed by atoms with Crippen LogP contribution in [0.3, 0.4) is 0 Å². The summed E-state index contributed by atoms with van der Waals surface area (Å²) in [5.74, 6) is 0.573. The first kappa shape index (κ1) is 16.4. The van der Waals surface area contributed by atoms with E-state index in [4.69, 9.17) is 11.6 Å². The Balaban J connectivity index is 2.07. The Kier molecular flexibility index (Phi) is 6.16. The predicted octanol–water partition coefficient (Wildman–Crippen LogP) is 5.72. The maximum atomic E-state index is 6.34. The van der Waals surface area contributed by atoms with Gasteiger partial charge in [0.05, 0.1) is 0 Å². The van der Waals surface area contributed by atoms with E-state index in [0.717, 1.165) is 23.7 Å². The lowest BCUT2D eigenvalue weighted by Gasteiger charge is -2.09.